The first-order valence-electron chi connectivity index (χ1n) is 6.91. The molecule has 1 aromatic carbocycles. The van der Waals surface area contributed by atoms with Crippen LogP contribution in [0.1, 0.15) is 20.3 Å². The lowest BCUT2D eigenvalue weighted by molar-refractivity contribution is 0.138. The molecule has 0 saturated carbocycles. The van der Waals surface area contributed by atoms with Crippen molar-refractivity contribution in [2.75, 3.05) is 38.7 Å². The van der Waals surface area contributed by atoms with Gasteiger partial charge in [-0.1, -0.05) is 19.1 Å². The molecule has 0 aliphatic heterocycles. The first-order valence-corrected chi connectivity index (χ1v) is 8.35. The third-order valence-corrected chi connectivity index (χ3v) is 4.81. The van der Waals surface area contributed by atoms with Crippen LogP contribution >= 0.6 is 0 Å². The molecule has 5 nitrogen and oxygen atoms in total. The van der Waals surface area contributed by atoms with Gasteiger partial charge in [0.15, 0.2) is 0 Å². The summed E-state index contributed by atoms with van der Waals surface area (Å²) in [6.07, 6.45) is 0.939. The van der Waals surface area contributed by atoms with Gasteiger partial charge in [-0.2, -0.15) is 4.31 Å². The molecule has 0 atom stereocenters. The van der Waals surface area contributed by atoms with Crippen molar-refractivity contribution < 1.29 is 13.2 Å². The minimum atomic E-state index is -3.49. The summed E-state index contributed by atoms with van der Waals surface area (Å²) >= 11 is 0. The van der Waals surface area contributed by atoms with Crippen LogP contribution in [0.15, 0.2) is 29.2 Å². The fourth-order valence-electron chi connectivity index (χ4n) is 1.72. The van der Waals surface area contributed by atoms with E-state index >= 15 is 0 Å². The molecule has 0 fully saturated rings. The Bertz CT molecular complexity index is 503. The lowest BCUT2D eigenvalue weighted by Crippen LogP contribution is -2.31. The van der Waals surface area contributed by atoms with E-state index in [4.69, 9.17) is 4.74 Å². The average Bonchev–Trinajstić information content (AvgIpc) is 2.45. The van der Waals surface area contributed by atoms with Gasteiger partial charge in [-0.05, 0) is 25.5 Å². The van der Waals surface area contributed by atoms with Crippen LogP contribution in [0, 0.1) is 0 Å². The zero-order chi connectivity index (χ0) is 15.0. The third kappa shape index (κ3) is 4.47. The Morgan fingerprint density at radius 1 is 1.25 bits per heavy atom. The molecule has 0 amide bonds. The van der Waals surface area contributed by atoms with E-state index in [9.17, 15) is 8.42 Å². The van der Waals surface area contributed by atoms with E-state index < -0.39 is 10.0 Å². The predicted octanol–water partition coefficient (Wildman–Crippen LogP) is 2.17. The second-order valence-electron chi connectivity index (χ2n) is 4.45. The number of anilines is 1. The SMILES string of the molecule is CCCNc1ccccc1S(=O)(=O)N(C)CCOCC. The Morgan fingerprint density at radius 3 is 2.60 bits per heavy atom. The molecule has 20 heavy (non-hydrogen) atoms. The highest BCUT2D eigenvalue weighted by Crippen LogP contribution is 2.23. The first-order chi connectivity index (χ1) is 9.54. The number of nitrogens with one attached hydrogen (secondary N) is 1. The first kappa shape index (κ1) is 16.9. The quantitative estimate of drug-likeness (QED) is 0.710. The zero-order valence-electron chi connectivity index (χ0n) is 12.4. The smallest absolute Gasteiger partial charge is 0.244 e. The summed E-state index contributed by atoms with van der Waals surface area (Å²) in [6.45, 7) is 6.00. The summed E-state index contributed by atoms with van der Waals surface area (Å²) in [6, 6.07) is 6.99. The summed E-state index contributed by atoms with van der Waals surface area (Å²) in [5.74, 6) is 0. The summed E-state index contributed by atoms with van der Waals surface area (Å²) < 4.78 is 31.6. The maximum absolute atomic E-state index is 12.5. The summed E-state index contributed by atoms with van der Waals surface area (Å²) in [5.41, 5.74) is 0.651. The molecular formula is C14H24N2O3S. The van der Waals surface area contributed by atoms with Crippen molar-refractivity contribution in [3.8, 4) is 0 Å². The number of rotatable bonds is 9. The number of para-hydroxylation sites is 1. The largest absolute Gasteiger partial charge is 0.384 e. The molecule has 0 bridgehead atoms. The maximum atomic E-state index is 12.5. The van der Waals surface area contributed by atoms with Crippen LogP contribution in [0.25, 0.3) is 0 Å². The van der Waals surface area contributed by atoms with Crippen molar-refractivity contribution in [3.05, 3.63) is 24.3 Å². The molecule has 1 aromatic rings. The maximum Gasteiger partial charge on any atom is 0.244 e. The monoisotopic (exact) mass is 300 g/mol. The summed E-state index contributed by atoms with van der Waals surface area (Å²) in [4.78, 5) is 0.312. The van der Waals surface area contributed by atoms with E-state index in [1.807, 2.05) is 19.9 Å². The fraction of sp³-hybridized carbons (Fsp3) is 0.571. The second-order valence-corrected chi connectivity index (χ2v) is 6.46. The van der Waals surface area contributed by atoms with Gasteiger partial charge in [-0.25, -0.2) is 8.42 Å². The van der Waals surface area contributed by atoms with E-state index in [1.54, 1.807) is 25.2 Å². The number of nitrogens with zero attached hydrogens (tertiary/aromatic N) is 1. The Labute approximate surface area is 122 Å². The third-order valence-electron chi connectivity index (χ3n) is 2.90. The molecule has 1 N–H and O–H groups in total. The van der Waals surface area contributed by atoms with Gasteiger partial charge < -0.3 is 10.1 Å². The van der Waals surface area contributed by atoms with Crippen LogP contribution < -0.4 is 5.32 Å². The molecule has 0 unspecified atom stereocenters. The highest BCUT2D eigenvalue weighted by Gasteiger charge is 2.23. The van der Waals surface area contributed by atoms with Crippen LogP contribution in [-0.4, -0.2) is 46.1 Å². The Hall–Kier alpha value is -1.11. The van der Waals surface area contributed by atoms with Gasteiger partial charge in [-0.3, -0.25) is 0 Å². The van der Waals surface area contributed by atoms with Gasteiger partial charge in [0.1, 0.15) is 4.90 Å². The minimum absolute atomic E-state index is 0.312. The molecule has 114 valence electrons. The number of hydrogen-bond donors (Lipinski definition) is 1. The molecule has 0 aliphatic rings. The Balaban J connectivity index is 2.90. The lowest BCUT2D eigenvalue weighted by Gasteiger charge is -2.19. The average molecular weight is 300 g/mol. The molecule has 6 heteroatoms. The number of hydrogen-bond acceptors (Lipinski definition) is 4. The highest BCUT2D eigenvalue weighted by atomic mass is 32.2. The topological polar surface area (TPSA) is 58.6 Å². The van der Waals surface area contributed by atoms with Crippen molar-refractivity contribution in [1.29, 1.82) is 0 Å². The Kier molecular flexibility index (Phi) is 6.98. The van der Waals surface area contributed by atoms with E-state index in [-0.39, 0.29) is 0 Å². The second kappa shape index (κ2) is 8.24. The van der Waals surface area contributed by atoms with E-state index in [2.05, 4.69) is 5.32 Å². The van der Waals surface area contributed by atoms with Gasteiger partial charge in [0.25, 0.3) is 0 Å². The van der Waals surface area contributed by atoms with Crippen molar-refractivity contribution in [3.63, 3.8) is 0 Å². The molecule has 0 aromatic heterocycles. The normalized spacial score (nSPS) is 11.8. The summed E-state index contributed by atoms with van der Waals surface area (Å²) in [7, 11) is -1.92. The van der Waals surface area contributed by atoms with Gasteiger partial charge >= 0.3 is 0 Å². The van der Waals surface area contributed by atoms with Crippen molar-refractivity contribution >= 4 is 15.7 Å². The van der Waals surface area contributed by atoms with E-state index in [1.165, 1.54) is 4.31 Å². The van der Waals surface area contributed by atoms with Crippen LogP contribution in [0.5, 0.6) is 0 Å². The lowest BCUT2D eigenvalue weighted by atomic mass is 10.3. The van der Waals surface area contributed by atoms with E-state index in [0.717, 1.165) is 13.0 Å². The highest BCUT2D eigenvalue weighted by molar-refractivity contribution is 7.89. The number of likely N-dealkylation sites (N-methyl/N-ethyl adjacent to an activating group) is 1. The summed E-state index contributed by atoms with van der Waals surface area (Å²) in [5, 5.41) is 3.15. The molecule has 0 aliphatic carbocycles. The van der Waals surface area contributed by atoms with Crippen molar-refractivity contribution in [1.82, 2.24) is 4.31 Å². The van der Waals surface area contributed by atoms with Crippen molar-refractivity contribution in [2.24, 2.45) is 0 Å². The van der Waals surface area contributed by atoms with Gasteiger partial charge in [-0.15, -0.1) is 0 Å². The zero-order valence-corrected chi connectivity index (χ0v) is 13.2. The minimum Gasteiger partial charge on any atom is -0.384 e. The fourth-order valence-corrected chi connectivity index (χ4v) is 3.04. The molecular weight excluding hydrogens is 276 g/mol. The molecule has 0 radical (unpaired) electrons. The van der Waals surface area contributed by atoms with Crippen LogP contribution in [0.2, 0.25) is 0 Å². The number of benzene rings is 1. The van der Waals surface area contributed by atoms with Crippen LogP contribution in [-0.2, 0) is 14.8 Å². The van der Waals surface area contributed by atoms with E-state index in [0.29, 0.717) is 30.3 Å². The van der Waals surface area contributed by atoms with Gasteiger partial charge in [0.2, 0.25) is 10.0 Å². The molecule has 0 spiro atoms. The van der Waals surface area contributed by atoms with Gasteiger partial charge in [0.05, 0.1) is 12.3 Å². The van der Waals surface area contributed by atoms with Crippen LogP contribution in [0.4, 0.5) is 5.69 Å². The molecule has 1 rings (SSSR count). The predicted molar refractivity (Wildman–Crippen MR) is 81.5 cm³/mol. The standard InChI is InChI=1S/C14H24N2O3S/c1-4-10-15-13-8-6-7-9-14(13)20(17,18)16(3)11-12-19-5-2/h6-9,15H,4-5,10-12H2,1-3H3. The Morgan fingerprint density at radius 2 is 1.95 bits per heavy atom. The molecule has 0 heterocycles. The van der Waals surface area contributed by atoms with Gasteiger partial charge in [0, 0.05) is 26.7 Å². The number of sulfonamides is 1. The molecule has 0 saturated heterocycles. The van der Waals surface area contributed by atoms with Crippen molar-refractivity contribution in [2.45, 2.75) is 25.2 Å². The number of ether oxygens (including phenoxy) is 1. The van der Waals surface area contributed by atoms with Crippen LogP contribution in [0.3, 0.4) is 0 Å².